The molecule has 1 aliphatic heterocycles. The van der Waals surface area contributed by atoms with E-state index in [4.69, 9.17) is 4.74 Å². The second kappa shape index (κ2) is 6.41. The molecule has 0 aromatic carbocycles. The molecule has 2 aromatic heterocycles. The van der Waals surface area contributed by atoms with Crippen LogP contribution in [0.1, 0.15) is 17.3 Å². The lowest BCUT2D eigenvalue weighted by atomic mass is 10.2. The van der Waals surface area contributed by atoms with Crippen LogP contribution < -0.4 is 0 Å². The summed E-state index contributed by atoms with van der Waals surface area (Å²) in [5, 5.41) is 1.93. The van der Waals surface area contributed by atoms with Gasteiger partial charge in [-0.05, 0) is 13.0 Å². The van der Waals surface area contributed by atoms with Crippen molar-refractivity contribution in [3.63, 3.8) is 0 Å². The molecule has 0 aliphatic carbocycles. The number of thiazole rings is 1. The minimum atomic E-state index is -0.833. The van der Waals surface area contributed by atoms with Crippen molar-refractivity contribution in [2.45, 2.75) is 6.92 Å². The Kier molecular flexibility index (Phi) is 4.33. The van der Waals surface area contributed by atoms with E-state index in [0.29, 0.717) is 31.7 Å². The average Bonchev–Trinajstić information content (AvgIpc) is 3.17. The van der Waals surface area contributed by atoms with Crippen LogP contribution in [0.15, 0.2) is 23.8 Å². The Morgan fingerprint density at radius 1 is 1.13 bits per heavy atom. The Morgan fingerprint density at radius 2 is 1.83 bits per heavy atom. The van der Waals surface area contributed by atoms with Crippen molar-refractivity contribution in [2.24, 2.45) is 0 Å². The van der Waals surface area contributed by atoms with Crippen LogP contribution in [-0.2, 0) is 14.3 Å². The molecule has 1 aliphatic rings. The SMILES string of the molecule is CCOC(=O)C(=O)N1CCN(C(=O)c2ccn3ccsc23)CC1. The Hall–Kier alpha value is -2.35. The summed E-state index contributed by atoms with van der Waals surface area (Å²) < 4.78 is 6.63. The van der Waals surface area contributed by atoms with Crippen molar-refractivity contribution in [3.05, 3.63) is 29.4 Å². The van der Waals surface area contributed by atoms with Crippen LogP contribution in [0.3, 0.4) is 0 Å². The fraction of sp³-hybridized carbons (Fsp3) is 0.400. The van der Waals surface area contributed by atoms with Gasteiger partial charge in [-0.25, -0.2) is 4.79 Å². The molecule has 0 radical (unpaired) electrons. The summed E-state index contributed by atoms with van der Waals surface area (Å²) in [6, 6.07) is 1.81. The lowest BCUT2D eigenvalue weighted by Crippen LogP contribution is -2.52. The maximum absolute atomic E-state index is 12.6. The van der Waals surface area contributed by atoms with Crippen molar-refractivity contribution in [1.29, 1.82) is 0 Å². The number of carbonyl (C=O) groups is 3. The van der Waals surface area contributed by atoms with Gasteiger partial charge in [-0.2, -0.15) is 0 Å². The van der Waals surface area contributed by atoms with E-state index in [0.717, 1.165) is 4.83 Å². The number of hydrogen-bond acceptors (Lipinski definition) is 5. The van der Waals surface area contributed by atoms with Gasteiger partial charge in [0.05, 0.1) is 12.2 Å². The molecule has 122 valence electrons. The van der Waals surface area contributed by atoms with E-state index >= 15 is 0 Å². The number of aromatic nitrogens is 1. The van der Waals surface area contributed by atoms with E-state index in [1.165, 1.54) is 16.2 Å². The predicted octanol–water partition coefficient (Wildman–Crippen LogP) is 0.848. The average molecular weight is 335 g/mol. The topological polar surface area (TPSA) is 71.3 Å². The zero-order chi connectivity index (χ0) is 16.4. The van der Waals surface area contributed by atoms with Crippen LogP contribution in [0.25, 0.3) is 4.83 Å². The summed E-state index contributed by atoms with van der Waals surface area (Å²) in [5.41, 5.74) is 0.671. The summed E-state index contributed by atoms with van der Waals surface area (Å²) in [7, 11) is 0. The summed E-state index contributed by atoms with van der Waals surface area (Å²) >= 11 is 1.52. The standard InChI is InChI=1S/C15H17N3O4S/c1-2-22-15(21)13(20)17-7-5-16(6-8-17)12(19)11-3-4-18-9-10-23-14(11)18/h3-4,9-10H,2,5-8H2,1H3. The maximum Gasteiger partial charge on any atom is 0.397 e. The molecule has 0 spiro atoms. The molecule has 1 saturated heterocycles. The molecule has 1 fully saturated rings. The van der Waals surface area contributed by atoms with Crippen LogP contribution >= 0.6 is 11.3 Å². The van der Waals surface area contributed by atoms with Gasteiger partial charge >= 0.3 is 11.9 Å². The predicted molar refractivity (Wildman–Crippen MR) is 84.4 cm³/mol. The molecule has 2 amide bonds. The van der Waals surface area contributed by atoms with Crippen molar-refractivity contribution in [2.75, 3.05) is 32.8 Å². The van der Waals surface area contributed by atoms with E-state index in [-0.39, 0.29) is 12.5 Å². The fourth-order valence-electron chi connectivity index (χ4n) is 2.60. The first-order valence-electron chi connectivity index (χ1n) is 7.41. The van der Waals surface area contributed by atoms with E-state index < -0.39 is 11.9 Å². The van der Waals surface area contributed by atoms with Crippen LogP contribution in [0, 0.1) is 0 Å². The van der Waals surface area contributed by atoms with Gasteiger partial charge in [0, 0.05) is 44.0 Å². The molecule has 0 unspecified atom stereocenters. The third kappa shape index (κ3) is 2.94. The van der Waals surface area contributed by atoms with E-state index in [1.807, 2.05) is 28.2 Å². The molecule has 7 nitrogen and oxygen atoms in total. The second-order valence-corrected chi connectivity index (χ2v) is 6.04. The van der Waals surface area contributed by atoms with Gasteiger partial charge in [-0.1, -0.05) is 0 Å². The van der Waals surface area contributed by atoms with Crippen LogP contribution in [-0.4, -0.2) is 64.8 Å². The highest BCUT2D eigenvalue weighted by molar-refractivity contribution is 7.16. The molecule has 0 saturated carbocycles. The zero-order valence-corrected chi connectivity index (χ0v) is 13.5. The third-order valence-electron chi connectivity index (χ3n) is 3.80. The van der Waals surface area contributed by atoms with Gasteiger partial charge in [0.25, 0.3) is 5.91 Å². The van der Waals surface area contributed by atoms with Crippen molar-refractivity contribution < 1.29 is 19.1 Å². The van der Waals surface area contributed by atoms with E-state index in [2.05, 4.69) is 0 Å². The van der Waals surface area contributed by atoms with Gasteiger partial charge in [0.1, 0.15) is 4.83 Å². The van der Waals surface area contributed by atoms with E-state index in [1.54, 1.807) is 11.8 Å². The first-order chi connectivity index (χ1) is 11.1. The number of amides is 2. The van der Waals surface area contributed by atoms with Gasteiger partial charge in [-0.15, -0.1) is 11.3 Å². The number of fused-ring (bicyclic) bond motifs is 1. The zero-order valence-electron chi connectivity index (χ0n) is 12.7. The number of ether oxygens (including phenoxy) is 1. The number of esters is 1. The van der Waals surface area contributed by atoms with Crippen LogP contribution in [0.2, 0.25) is 0 Å². The number of carbonyl (C=O) groups excluding carboxylic acids is 3. The highest BCUT2D eigenvalue weighted by Crippen LogP contribution is 2.20. The lowest BCUT2D eigenvalue weighted by molar-refractivity contribution is -0.160. The molecule has 0 bridgehead atoms. The smallest absolute Gasteiger partial charge is 0.397 e. The van der Waals surface area contributed by atoms with Gasteiger partial charge < -0.3 is 18.9 Å². The van der Waals surface area contributed by atoms with Gasteiger partial charge in [0.15, 0.2) is 0 Å². The minimum Gasteiger partial charge on any atom is -0.459 e. The maximum atomic E-state index is 12.6. The summed E-state index contributed by atoms with van der Waals surface area (Å²) in [6.07, 6.45) is 3.77. The molecule has 23 heavy (non-hydrogen) atoms. The molecule has 0 N–H and O–H groups in total. The monoisotopic (exact) mass is 335 g/mol. The summed E-state index contributed by atoms with van der Waals surface area (Å²) in [6.45, 7) is 3.33. The Balaban J connectivity index is 1.63. The molecular formula is C15H17N3O4S. The number of nitrogens with zero attached hydrogens (tertiary/aromatic N) is 3. The first kappa shape index (κ1) is 15.5. The lowest BCUT2D eigenvalue weighted by Gasteiger charge is -2.34. The fourth-order valence-corrected chi connectivity index (χ4v) is 3.45. The van der Waals surface area contributed by atoms with Crippen LogP contribution in [0.5, 0.6) is 0 Å². The van der Waals surface area contributed by atoms with Crippen molar-refractivity contribution in [1.82, 2.24) is 14.2 Å². The number of piperazine rings is 1. The second-order valence-electron chi connectivity index (χ2n) is 5.15. The third-order valence-corrected chi connectivity index (χ3v) is 4.71. The Bertz CT molecular complexity index is 743. The molecule has 8 heteroatoms. The van der Waals surface area contributed by atoms with Crippen molar-refractivity contribution >= 4 is 34.0 Å². The van der Waals surface area contributed by atoms with Gasteiger partial charge in [-0.3, -0.25) is 9.59 Å². The highest BCUT2D eigenvalue weighted by atomic mass is 32.1. The van der Waals surface area contributed by atoms with E-state index in [9.17, 15) is 14.4 Å². The molecule has 3 heterocycles. The first-order valence-corrected chi connectivity index (χ1v) is 8.29. The largest absolute Gasteiger partial charge is 0.459 e. The quantitative estimate of drug-likeness (QED) is 0.602. The Labute approximate surface area is 137 Å². The summed E-state index contributed by atoms with van der Waals surface area (Å²) in [5.74, 6) is -1.51. The molecule has 3 rings (SSSR count). The molecular weight excluding hydrogens is 318 g/mol. The molecule has 0 atom stereocenters. The minimum absolute atomic E-state index is 0.0433. The molecule has 2 aromatic rings. The van der Waals surface area contributed by atoms with Crippen molar-refractivity contribution in [3.8, 4) is 0 Å². The van der Waals surface area contributed by atoms with Gasteiger partial charge in [0.2, 0.25) is 0 Å². The Morgan fingerprint density at radius 3 is 2.52 bits per heavy atom. The highest BCUT2D eigenvalue weighted by Gasteiger charge is 2.29. The summed E-state index contributed by atoms with van der Waals surface area (Å²) in [4.78, 5) is 40.0. The number of rotatable bonds is 2. The van der Waals surface area contributed by atoms with Crippen LogP contribution in [0.4, 0.5) is 0 Å². The normalized spacial score (nSPS) is 15.0. The number of hydrogen-bond donors (Lipinski definition) is 0.